The van der Waals surface area contributed by atoms with Gasteiger partial charge in [-0.15, -0.1) is 0 Å². The Morgan fingerprint density at radius 1 is 1.42 bits per heavy atom. The third kappa shape index (κ3) is 5.36. The number of carbonyl (C=O) groups excluding carboxylic acids is 1. The Morgan fingerprint density at radius 3 is 2.71 bits per heavy atom. The lowest BCUT2D eigenvalue weighted by Gasteiger charge is -2.42. The molecule has 0 radical (unpaired) electrons. The lowest BCUT2D eigenvalue weighted by Crippen LogP contribution is -2.54. The number of carbonyl (C=O) groups is 1. The van der Waals surface area contributed by atoms with Crippen molar-refractivity contribution in [2.45, 2.75) is 26.3 Å². The first kappa shape index (κ1) is 19.0. The van der Waals surface area contributed by atoms with Crippen molar-refractivity contribution < 1.29 is 9.53 Å². The van der Waals surface area contributed by atoms with Gasteiger partial charge in [0.2, 0.25) is 5.91 Å². The molecule has 0 bridgehead atoms. The largest absolute Gasteiger partial charge is 0.492 e. The van der Waals surface area contributed by atoms with Gasteiger partial charge in [-0.25, -0.2) is 0 Å². The van der Waals surface area contributed by atoms with Crippen LogP contribution >= 0.6 is 11.6 Å². The van der Waals surface area contributed by atoms with Crippen LogP contribution in [-0.2, 0) is 4.79 Å². The molecule has 6 heteroatoms. The van der Waals surface area contributed by atoms with E-state index in [-0.39, 0.29) is 17.4 Å². The number of hydrogen-bond donors (Lipinski definition) is 1. The minimum atomic E-state index is 0.0504. The summed E-state index contributed by atoms with van der Waals surface area (Å²) in [6.45, 7) is 7.52. The maximum Gasteiger partial charge on any atom is 0.236 e. The Morgan fingerprint density at radius 2 is 2.08 bits per heavy atom. The lowest BCUT2D eigenvalue weighted by molar-refractivity contribution is -0.132. The van der Waals surface area contributed by atoms with E-state index in [9.17, 15) is 4.79 Å². The monoisotopic (exact) mass is 353 g/mol. The standard InChI is InChI=1S/C18H28ClN3O2/c1-18(2)13-22(9-8-16(18)20)12-17(23)21(3)10-11-24-15-6-4-14(19)5-7-15/h4-7,16H,8-13,20H2,1-3H3. The Labute approximate surface area is 149 Å². The molecule has 24 heavy (non-hydrogen) atoms. The fourth-order valence-electron chi connectivity index (χ4n) is 2.89. The van der Waals surface area contributed by atoms with Crippen LogP contribution in [-0.4, -0.2) is 61.6 Å². The van der Waals surface area contributed by atoms with Crippen molar-refractivity contribution in [3.63, 3.8) is 0 Å². The average Bonchev–Trinajstić information content (AvgIpc) is 2.52. The summed E-state index contributed by atoms with van der Waals surface area (Å²) in [7, 11) is 1.81. The van der Waals surface area contributed by atoms with Crippen LogP contribution in [0.5, 0.6) is 5.75 Å². The van der Waals surface area contributed by atoms with Crippen LogP contribution in [0.15, 0.2) is 24.3 Å². The summed E-state index contributed by atoms with van der Waals surface area (Å²) in [4.78, 5) is 16.3. The molecular formula is C18H28ClN3O2. The first-order chi connectivity index (χ1) is 11.3. The Hall–Kier alpha value is -1.30. The number of nitrogens with zero attached hydrogens (tertiary/aromatic N) is 2. The van der Waals surface area contributed by atoms with Gasteiger partial charge in [-0.1, -0.05) is 25.4 Å². The van der Waals surface area contributed by atoms with Gasteiger partial charge in [0.15, 0.2) is 0 Å². The molecule has 134 valence electrons. The van der Waals surface area contributed by atoms with Crippen LogP contribution < -0.4 is 10.5 Å². The number of piperidine rings is 1. The normalized spacial score (nSPS) is 20.6. The lowest BCUT2D eigenvalue weighted by atomic mass is 9.80. The fraction of sp³-hybridized carbons (Fsp3) is 0.611. The minimum Gasteiger partial charge on any atom is -0.492 e. The first-order valence-electron chi connectivity index (χ1n) is 8.38. The summed E-state index contributed by atoms with van der Waals surface area (Å²) in [5.74, 6) is 0.869. The second-order valence-electron chi connectivity index (χ2n) is 7.21. The fourth-order valence-corrected chi connectivity index (χ4v) is 3.01. The molecule has 0 saturated carbocycles. The van der Waals surface area contributed by atoms with Crippen molar-refractivity contribution >= 4 is 17.5 Å². The van der Waals surface area contributed by atoms with Crippen LogP contribution in [0, 0.1) is 5.41 Å². The Balaban J connectivity index is 1.73. The summed E-state index contributed by atoms with van der Waals surface area (Å²) in [6.07, 6.45) is 0.934. The highest BCUT2D eigenvalue weighted by Gasteiger charge is 2.34. The van der Waals surface area contributed by atoms with Gasteiger partial charge in [-0.3, -0.25) is 9.69 Å². The summed E-state index contributed by atoms with van der Waals surface area (Å²) < 4.78 is 5.64. The number of likely N-dealkylation sites (N-methyl/N-ethyl adjacent to an activating group) is 1. The quantitative estimate of drug-likeness (QED) is 0.852. The zero-order chi connectivity index (χ0) is 17.7. The van der Waals surface area contributed by atoms with Crippen LogP contribution in [0.2, 0.25) is 5.02 Å². The number of likely N-dealkylation sites (tertiary alicyclic amines) is 1. The zero-order valence-corrected chi connectivity index (χ0v) is 15.6. The molecule has 0 aromatic heterocycles. The molecule has 1 aromatic rings. The van der Waals surface area contributed by atoms with E-state index in [0.29, 0.717) is 24.7 Å². The smallest absolute Gasteiger partial charge is 0.236 e. The molecule has 0 spiro atoms. The van der Waals surface area contributed by atoms with Crippen molar-refractivity contribution in [1.82, 2.24) is 9.80 Å². The molecule has 0 aliphatic carbocycles. The SMILES string of the molecule is CN(CCOc1ccc(Cl)cc1)C(=O)CN1CCC(N)C(C)(C)C1. The number of rotatable bonds is 6. The second-order valence-corrected chi connectivity index (χ2v) is 7.65. The molecule has 1 fully saturated rings. The highest BCUT2D eigenvalue weighted by atomic mass is 35.5. The summed E-state index contributed by atoms with van der Waals surface area (Å²) >= 11 is 5.84. The van der Waals surface area contributed by atoms with E-state index in [2.05, 4.69) is 18.7 Å². The maximum absolute atomic E-state index is 12.4. The van der Waals surface area contributed by atoms with E-state index < -0.39 is 0 Å². The van der Waals surface area contributed by atoms with Crippen molar-refractivity contribution in [1.29, 1.82) is 0 Å². The predicted octanol–water partition coefficient (Wildman–Crippen LogP) is 2.24. The molecule has 1 atom stereocenters. The molecule has 1 aliphatic heterocycles. The molecule has 5 nitrogen and oxygen atoms in total. The molecule has 1 heterocycles. The van der Waals surface area contributed by atoms with Gasteiger partial charge in [0.25, 0.3) is 0 Å². The highest BCUT2D eigenvalue weighted by molar-refractivity contribution is 6.30. The minimum absolute atomic E-state index is 0.0504. The van der Waals surface area contributed by atoms with E-state index in [1.807, 2.05) is 19.2 Å². The van der Waals surface area contributed by atoms with E-state index in [0.717, 1.165) is 25.3 Å². The second kappa shape index (κ2) is 8.19. The first-order valence-corrected chi connectivity index (χ1v) is 8.76. The molecule has 1 saturated heterocycles. The van der Waals surface area contributed by atoms with Gasteiger partial charge in [-0.05, 0) is 36.1 Å². The molecular weight excluding hydrogens is 326 g/mol. The van der Waals surface area contributed by atoms with E-state index in [1.54, 1.807) is 17.0 Å². The van der Waals surface area contributed by atoms with Crippen LogP contribution in [0.25, 0.3) is 0 Å². The molecule has 1 amide bonds. The third-order valence-electron chi connectivity index (χ3n) is 4.68. The van der Waals surface area contributed by atoms with Gasteiger partial charge < -0.3 is 15.4 Å². The van der Waals surface area contributed by atoms with Gasteiger partial charge in [0.1, 0.15) is 12.4 Å². The van der Waals surface area contributed by atoms with Crippen molar-refractivity contribution in [2.24, 2.45) is 11.1 Å². The molecule has 1 aliphatic rings. The highest BCUT2D eigenvalue weighted by Crippen LogP contribution is 2.27. The average molecular weight is 354 g/mol. The summed E-state index contributed by atoms with van der Waals surface area (Å²) in [6, 6.07) is 7.42. The van der Waals surface area contributed by atoms with Crippen molar-refractivity contribution in [3.05, 3.63) is 29.3 Å². The van der Waals surface area contributed by atoms with E-state index >= 15 is 0 Å². The number of nitrogens with two attached hydrogens (primary N) is 1. The van der Waals surface area contributed by atoms with Crippen LogP contribution in [0.3, 0.4) is 0 Å². The maximum atomic E-state index is 12.4. The van der Waals surface area contributed by atoms with Gasteiger partial charge >= 0.3 is 0 Å². The number of amides is 1. The van der Waals surface area contributed by atoms with E-state index in [1.165, 1.54) is 0 Å². The number of benzene rings is 1. The summed E-state index contributed by atoms with van der Waals surface area (Å²) in [5, 5.41) is 0.679. The van der Waals surface area contributed by atoms with Crippen LogP contribution in [0.4, 0.5) is 0 Å². The van der Waals surface area contributed by atoms with Gasteiger partial charge in [0, 0.05) is 31.2 Å². The predicted molar refractivity (Wildman–Crippen MR) is 97.4 cm³/mol. The Kier molecular flexibility index (Phi) is 6.49. The van der Waals surface area contributed by atoms with E-state index in [4.69, 9.17) is 22.1 Å². The van der Waals surface area contributed by atoms with Crippen molar-refractivity contribution in [2.75, 3.05) is 39.8 Å². The third-order valence-corrected chi connectivity index (χ3v) is 4.94. The molecule has 2 rings (SSSR count). The Bertz CT molecular complexity index is 548. The van der Waals surface area contributed by atoms with Gasteiger partial charge in [-0.2, -0.15) is 0 Å². The van der Waals surface area contributed by atoms with Crippen molar-refractivity contribution in [3.8, 4) is 5.75 Å². The molecule has 2 N–H and O–H groups in total. The van der Waals surface area contributed by atoms with Crippen LogP contribution in [0.1, 0.15) is 20.3 Å². The molecule has 1 aromatic carbocycles. The number of hydrogen-bond acceptors (Lipinski definition) is 4. The zero-order valence-electron chi connectivity index (χ0n) is 14.8. The van der Waals surface area contributed by atoms with Gasteiger partial charge in [0.05, 0.1) is 13.1 Å². The topological polar surface area (TPSA) is 58.8 Å². The number of halogens is 1. The summed E-state index contributed by atoms with van der Waals surface area (Å²) in [5.41, 5.74) is 6.20. The number of ether oxygens (including phenoxy) is 1. The molecule has 1 unspecified atom stereocenters.